The first kappa shape index (κ1) is 21.6. The summed E-state index contributed by atoms with van der Waals surface area (Å²) in [4.78, 5) is 4.66. The van der Waals surface area contributed by atoms with Crippen LogP contribution in [0.15, 0.2) is 39.2 Å². The van der Waals surface area contributed by atoms with E-state index in [1.807, 2.05) is 33.8 Å². The van der Waals surface area contributed by atoms with Crippen LogP contribution in [0.1, 0.15) is 51.1 Å². The molecule has 1 atom stereocenters. The Morgan fingerprint density at radius 2 is 1.86 bits per heavy atom. The first-order chi connectivity index (χ1) is 13.4. The Morgan fingerprint density at radius 3 is 2.38 bits per heavy atom. The number of rotatable bonds is 4. The second-order valence-corrected chi connectivity index (χ2v) is 14.5. The molecule has 0 fully saturated rings. The summed E-state index contributed by atoms with van der Waals surface area (Å²) in [5.41, 5.74) is 8.41. The van der Waals surface area contributed by atoms with Crippen LogP contribution in [0.3, 0.4) is 0 Å². The quantitative estimate of drug-likeness (QED) is 0.411. The van der Waals surface area contributed by atoms with Crippen molar-refractivity contribution in [3.8, 4) is 11.7 Å². The Morgan fingerprint density at radius 1 is 1.21 bits per heavy atom. The van der Waals surface area contributed by atoms with Crippen molar-refractivity contribution in [2.45, 2.75) is 67.6 Å². The molecule has 2 heterocycles. The molecule has 0 amide bonds. The maximum absolute atomic E-state index is 15.3. The van der Waals surface area contributed by atoms with E-state index in [2.05, 4.69) is 56.3 Å². The molecule has 1 aliphatic heterocycles. The van der Waals surface area contributed by atoms with Crippen LogP contribution < -0.4 is 0 Å². The molecule has 2 aliphatic rings. The topological polar surface area (TPSA) is 17.3 Å². The molecule has 29 heavy (non-hydrogen) atoms. The first-order valence-electron chi connectivity index (χ1n) is 10.4. The fraction of sp³-hybridized carbons (Fsp3) is 0.458. The summed E-state index contributed by atoms with van der Waals surface area (Å²) >= 11 is 0. The summed E-state index contributed by atoms with van der Waals surface area (Å²) in [6.07, 6.45) is 2.81. The van der Waals surface area contributed by atoms with Gasteiger partial charge in [-0.2, -0.15) is 0 Å². The van der Waals surface area contributed by atoms with Crippen molar-refractivity contribution in [1.82, 2.24) is 4.48 Å². The van der Waals surface area contributed by atoms with Crippen LogP contribution in [-0.2, 0) is 0 Å². The maximum atomic E-state index is 15.3. The molecule has 1 aromatic rings. The summed E-state index contributed by atoms with van der Waals surface area (Å²) in [7, 11) is -2.61. The Kier molecular flexibility index (Phi) is 5.71. The van der Waals surface area contributed by atoms with Gasteiger partial charge >= 0.3 is 7.12 Å². The zero-order chi connectivity index (χ0) is 21.7. The largest absolute Gasteiger partial charge is 0.551 e. The lowest BCUT2D eigenvalue weighted by Gasteiger charge is -2.14. The fourth-order valence-corrected chi connectivity index (χ4v) is 7.48. The molecule has 0 N–H and O–H groups in total. The van der Waals surface area contributed by atoms with Gasteiger partial charge in [0.15, 0.2) is 0 Å². The third-order valence-corrected chi connectivity index (χ3v) is 8.35. The number of hydrogen-bond acceptors (Lipinski definition) is 1. The van der Waals surface area contributed by atoms with Crippen molar-refractivity contribution in [3.63, 3.8) is 0 Å². The van der Waals surface area contributed by atoms with Gasteiger partial charge in [0.2, 0.25) is 0 Å². The van der Waals surface area contributed by atoms with Crippen molar-refractivity contribution < 1.29 is 4.32 Å². The lowest BCUT2D eigenvalue weighted by atomic mass is 9.86. The van der Waals surface area contributed by atoms with Gasteiger partial charge in [-0.15, -0.1) is 5.92 Å². The van der Waals surface area contributed by atoms with Crippen molar-refractivity contribution in [1.29, 1.82) is 0 Å². The highest BCUT2D eigenvalue weighted by Gasteiger charge is 2.40. The summed E-state index contributed by atoms with van der Waals surface area (Å²) in [5, 5.41) is 1.62. The van der Waals surface area contributed by atoms with Crippen LogP contribution in [0, 0.1) is 31.5 Å². The molecule has 0 radical (unpaired) electrons. The number of aryl methyl sites for hydroxylation is 2. The van der Waals surface area contributed by atoms with E-state index in [0.717, 1.165) is 45.9 Å². The number of hydrogen-bond donors (Lipinski definition) is 0. The number of nitrogens with zero attached hydrogens (tertiary/aromatic N) is 2. The lowest BCUT2D eigenvalue weighted by Crippen LogP contribution is -2.21. The highest BCUT2D eigenvalue weighted by molar-refractivity contribution is 6.84. The summed E-state index contributed by atoms with van der Waals surface area (Å²) in [5.74, 6) is 6.52. The average molecular weight is 406 g/mol. The minimum absolute atomic E-state index is 0.487. The number of allylic oxidation sites excluding steroid dienone is 5. The molecule has 0 bridgehead atoms. The minimum atomic E-state index is -1.35. The van der Waals surface area contributed by atoms with E-state index >= 15 is 4.32 Å². The third-order valence-electron chi connectivity index (χ3n) is 5.99. The Hall–Kier alpha value is -2.06. The molecular formula is C24H32BFN2Si. The molecule has 0 saturated carbocycles. The molecule has 152 valence electrons. The van der Waals surface area contributed by atoms with E-state index in [-0.39, 0.29) is 0 Å². The molecule has 0 spiro atoms. The molecule has 1 unspecified atom stereocenters. The van der Waals surface area contributed by atoms with Gasteiger partial charge in [0.25, 0.3) is 0 Å². The van der Waals surface area contributed by atoms with Gasteiger partial charge in [0.05, 0.1) is 13.8 Å². The Bertz CT molecular complexity index is 1050. The van der Waals surface area contributed by atoms with Crippen molar-refractivity contribution >= 4 is 26.5 Å². The Labute approximate surface area is 176 Å². The summed E-state index contributed by atoms with van der Waals surface area (Å²) < 4.78 is 17.0. The molecule has 3 rings (SSSR count). The summed E-state index contributed by atoms with van der Waals surface area (Å²) in [6.45, 7) is 19.4. The number of aliphatic imine (C=N–C) groups is 1. The van der Waals surface area contributed by atoms with E-state index < -0.39 is 15.2 Å². The zero-order valence-electron chi connectivity index (χ0n) is 19.3. The predicted molar refractivity (Wildman–Crippen MR) is 128 cm³/mol. The van der Waals surface area contributed by atoms with Crippen molar-refractivity contribution in [3.05, 3.63) is 51.1 Å². The zero-order valence-corrected chi connectivity index (χ0v) is 20.3. The smallest absolute Gasteiger partial charge is 0.348 e. The molecule has 0 aromatic carbocycles. The number of aromatic nitrogens is 1. The SMILES string of the molecule is CC1=CC(C)=N/C1=C(/C)c1c(C)cc(C)n1B(F)C#CCC1C(C)=C1[Si](C)(C)C. The van der Waals surface area contributed by atoms with Gasteiger partial charge in [-0.05, 0) is 70.4 Å². The number of halogens is 1. The van der Waals surface area contributed by atoms with Crippen LogP contribution >= 0.6 is 0 Å². The standard InChI is InChI=1S/C24H32BFN2Si/c1-15-13-17(3)27-22(15)20(6)23-16(2)14-18(4)28(23)25(26)12-10-11-21-19(5)24(21)29(7,8)9/h13-14,21H,11H2,1-9H3/b22-20-. The molecule has 1 aromatic heterocycles. The highest BCUT2D eigenvalue weighted by Crippen LogP contribution is 2.46. The van der Waals surface area contributed by atoms with E-state index in [4.69, 9.17) is 0 Å². The summed E-state index contributed by atoms with van der Waals surface area (Å²) in [6, 6.07) is 2.04. The second kappa shape index (κ2) is 7.65. The predicted octanol–water partition coefficient (Wildman–Crippen LogP) is 6.32. The molecule has 0 saturated heterocycles. The lowest BCUT2D eigenvalue weighted by molar-refractivity contribution is 0.801. The van der Waals surface area contributed by atoms with Gasteiger partial charge in [0, 0.05) is 29.4 Å². The first-order valence-corrected chi connectivity index (χ1v) is 13.9. The average Bonchev–Trinajstić information content (AvgIpc) is 2.96. The van der Waals surface area contributed by atoms with Gasteiger partial charge in [0.1, 0.15) is 0 Å². The van der Waals surface area contributed by atoms with Crippen LogP contribution in [0.5, 0.6) is 0 Å². The second-order valence-electron chi connectivity index (χ2n) is 9.50. The molecular weight excluding hydrogens is 374 g/mol. The maximum Gasteiger partial charge on any atom is 0.551 e. The third kappa shape index (κ3) is 4.14. The molecule has 2 nitrogen and oxygen atoms in total. The fourth-order valence-electron chi connectivity index (χ4n) is 4.83. The normalized spacial score (nSPS) is 20.3. The van der Waals surface area contributed by atoms with Crippen LogP contribution in [-0.4, -0.2) is 25.4 Å². The van der Waals surface area contributed by atoms with Crippen molar-refractivity contribution in [2.75, 3.05) is 0 Å². The van der Waals surface area contributed by atoms with E-state index in [9.17, 15) is 0 Å². The van der Waals surface area contributed by atoms with Crippen LogP contribution in [0.2, 0.25) is 19.6 Å². The van der Waals surface area contributed by atoms with Gasteiger partial charge in [-0.1, -0.05) is 36.2 Å². The van der Waals surface area contributed by atoms with E-state index in [1.54, 1.807) is 9.67 Å². The van der Waals surface area contributed by atoms with Crippen LogP contribution in [0.4, 0.5) is 4.32 Å². The van der Waals surface area contributed by atoms with E-state index in [1.165, 1.54) is 5.57 Å². The molecule has 1 aliphatic carbocycles. The van der Waals surface area contributed by atoms with Crippen LogP contribution in [0.25, 0.3) is 5.57 Å². The van der Waals surface area contributed by atoms with Gasteiger partial charge in [-0.3, -0.25) is 9.31 Å². The van der Waals surface area contributed by atoms with Gasteiger partial charge < -0.3 is 4.48 Å². The Balaban J connectivity index is 1.87. The van der Waals surface area contributed by atoms with Crippen molar-refractivity contribution in [2.24, 2.45) is 10.9 Å². The highest BCUT2D eigenvalue weighted by atomic mass is 28.3. The minimum Gasteiger partial charge on any atom is -0.348 e. The van der Waals surface area contributed by atoms with Gasteiger partial charge in [-0.25, -0.2) is 0 Å². The molecule has 5 heteroatoms. The van der Waals surface area contributed by atoms with E-state index in [0.29, 0.717) is 5.92 Å². The monoisotopic (exact) mass is 406 g/mol.